The summed E-state index contributed by atoms with van der Waals surface area (Å²) in [6, 6.07) is 0. The predicted molar refractivity (Wildman–Crippen MR) is 86.5 cm³/mol. The second-order valence-corrected chi connectivity index (χ2v) is 6.44. The van der Waals surface area contributed by atoms with E-state index in [1.54, 1.807) is 0 Å². The molecule has 0 saturated heterocycles. The maximum atomic E-state index is 9.23. The number of unbranched alkanes of at least 4 members (excludes halogenated alkanes) is 7. The summed E-state index contributed by atoms with van der Waals surface area (Å²) in [7, 11) is 0. The van der Waals surface area contributed by atoms with E-state index >= 15 is 0 Å². The fraction of sp³-hybridized carbons (Fsp3) is 1.00. The Labute approximate surface area is 122 Å². The van der Waals surface area contributed by atoms with E-state index in [9.17, 15) is 5.11 Å². The summed E-state index contributed by atoms with van der Waals surface area (Å²) in [5.74, 6) is 1.35. The van der Waals surface area contributed by atoms with Crippen molar-refractivity contribution < 1.29 is 5.11 Å². The normalized spacial score (nSPS) is 14.5. The van der Waals surface area contributed by atoms with Gasteiger partial charge in [-0.15, -0.1) is 0 Å². The highest BCUT2D eigenvalue weighted by Crippen LogP contribution is 2.25. The summed E-state index contributed by atoms with van der Waals surface area (Å²) < 4.78 is 0. The summed E-state index contributed by atoms with van der Waals surface area (Å²) in [6.45, 7) is 7.11. The lowest BCUT2D eigenvalue weighted by Gasteiger charge is -2.20. The summed E-state index contributed by atoms with van der Waals surface area (Å²) in [5, 5.41) is 9.23. The fourth-order valence-electron chi connectivity index (χ4n) is 2.92. The Morgan fingerprint density at radius 1 is 0.737 bits per heavy atom. The molecule has 1 nitrogen and oxygen atoms in total. The smallest absolute Gasteiger partial charge is 0.0456 e. The van der Waals surface area contributed by atoms with Crippen LogP contribution in [0.2, 0.25) is 0 Å². The van der Waals surface area contributed by atoms with Gasteiger partial charge in [-0.25, -0.2) is 0 Å². The van der Waals surface area contributed by atoms with E-state index in [2.05, 4.69) is 20.8 Å². The van der Waals surface area contributed by atoms with Crippen molar-refractivity contribution in [1.29, 1.82) is 0 Å². The Morgan fingerprint density at radius 2 is 1.21 bits per heavy atom. The third kappa shape index (κ3) is 12.7. The van der Waals surface area contributed by atoms with Gasteiger partial charge in [0.2, 0.25) is 0 Å². The lowest BCUT2D eigenvalue weighted by atomic mass is 9.87. The highest BCUT2D eigenvalue weighted by atomic mass is 16.3. The molecule has 116 valence electrons. The third-order valence-electron chi connectivity index (χ3n) is 4.23. The van der Waals surface area contributed by atoms with Crippen molar-refractivity contribution in [3.05, 3.63) is 0 Å². The Morgan fingerprint density at radius 3 is 1.68 bits per heavy atom. The number of aliphatic hydroxyl groups excluding tert-OH is 1. The number of hydrogen-bond acceptors (Lipinski definition) is 1. The maximum Gasteiger partial charge on any atom is 0.0456 e. The van der Waals surface area contributed by atoms with E-state index in [1.807, 2.05) is 0 Å². The van der Waals surface area contributed by atoms with Crippen LogP contribution >= 0.6 is 0 Å². The first-order chi connectivity index (χ1) is 9.24. The largest absolute Gasteiger partial charge is 0.396 e. The quantitative estimate of drug-likeness (QED) is 0.387. The summed E-state index contributed by atoms with van der Waals surface area (Å²) in [5.41, 5.74) is 0. The highest BCUT2D eigenvalue weighted by Gasteiger charge is 2.12. The molecule has 19 heavy (non-hydrogen) atoms. The monoisotopic (exact) mass is 270 g/mol. The van der Waals surface area contributed by atoms with Crippen molar-refractivity contribution in [3.63, 3.8) is 0 Å². The first-order valence-corrected chi connectivity index (χ1v) is 8.85. The van der Waals surface area contributed by atoms with E-state index in [0.29, 0.717) is 12.5 Å². The van der Waals surface area contributed by atoms with Crippen LogP contribution in [0.3, 0.4) is 0 Å². The lowest BCUT2D eigenvalue weighted by molar-refractivity contribution is 0.203. The summed E-state index contributed by atoms with van der Waals surface area (Å²) in [4.78, 5) is 0. The summed E-state index contributed by atoms with van der Waals surface area (Å²) >= 11 is 0. The van der Waals surface area contributed by atoms with Crippen molar-refractivity contribution in [2.24, 2.45) is 11.8 Å². The Hall–Kier alpha value is -0.0400. The second-order valence-electron chi connectivity index (χ2n) is 6.44. The van der Waals surface area contributed by atoms with Gasteiger partial charge in [0, 0.05) is 6.61 Å². The topological polar surface area (TPSA) is 20.2 Å². The molecule has 0 radical (unpaired) electrons. The maximum absolute atomic E-state index is 9.23. The highest BCUT2D eigenvalue weighted by molar-refractivity contribution is 4.64. The van der Waals surface area contributed by atoms with Crippen LogP contribution in [-0.4, -0.2) is 11.7 Å². The second kappa shape index (κ2) is 14.4. The predicted octanol–water partition coefficient (Wildman–Crippen LogP) is 5.95. The zero-order valence-corrected chi connectivity index (χ0v) is 13.8. The molecule has 0 aromatic rings. The molecule has 1 N–H and O–H groups in total. The van der Waals surface area contributed by atoms with E-state index < -0.39 is 0 Å². The van der Waals surface area contributed by atoms with Crippen molar-refractivity contribution in [2.45, 2.75) is 97.8 Å². The average Bonchev–Trinajstić information content (AvgIpc) is 2.42. The van der Waals surface area contributed by atoms with Gasteiger partial charge in [0.25, 0.3) is 0 Å². The fourth-order valence-corrected chi connectivity index (χ4v) is 2.92. The molecule has 0 aromatic heterocycles. The first-order valence-electron chi connectivity index (χ1n) is 8.85. The molecule has 0 fully saturated rings. The molecule has 0 aliphatic heterocycles. The molecular weight excluding hydrogens is 232 g/mol. The van der Waals surface area contributed by atoms with Crippen molar-refractivity contribution >= 4 is 0 Å². The van der Waals surface area contributed by atoms with Crippen LogP contribution in [0.5, 0.6) is 0 Å². The van der Waals surface area contributed by atoms with Gasteiger partial charge in [0.1, 0.15) is 0 Å². The number of hydrogen-bond donors (Lipinski definition) is 1. The summed E-state index contributed by atoms with van der Waals surface area (Å²) in [6.07, 6.45) is 16.5. The van der Waals surface area contributed by atoms with Gasteiger partial charge in [0.05, 0.1) is 0 Å². The molecule has 0 saturated carbocycles. The van der Waals surface area contributed by atoms with Crippen LogP contribution in [0, 0.1) is 11.8 Å². The third-order valence-corrected chi connectivity index (χ3v) is 4.23. The van der Waals surface area contributed by atoms with Gasteiger partial charge in [-0.05, 0) is 18.3 Å². The van der Waals surface area contributed by atoms with Gasteiger partial charge < -0.3 is 5.11 Å². The number of aliphatic hydroxyl groups is 1. The van der Waals surface area contributed by atoms with Crippen LogP contribution < -0.4 is 0 Å². The van der Waals surface area contributed by atoms with Gasteiger partial charge in [0.15, 0.2) is 0 Å². The van der Waals surface area contributed by atoms with Gasteiger partial charge in [-0.1, -0.05) is 91.4 Å². The molecular formula is C18H38O. The van der Waals surface area contributed by atoms with E-state index in [4.69, 9.17) is 0 Å². The molecule has 2 atom stereocenters. The Bertz CT molecular complexity index is 167. The van der Waals surface area contributed by atoms with Gasteiger partial charge >= 0.3 is 0 Å². The van der Waals surface area contributed by atoms with Crippen LogP contribution in [0.4, 0.5) is 0 Å². The zero-order valence-electron chi connectivity index (χ0n) is 13.8. The van der Waals surface area contributed by atoms with Crippen molar-refractivity contribution in [2.75, 3.05) is 6.61 Å². The number of rotatable bonds is 14. The zero-order chi connectivity index (χ0) is 14.3. The van der Waals surface area contributed by atoms with E-state index in [1.165, 1.54) is 77.0 Å². The van der Waals surface area contributed by atoms with Gasteiger partial charge in [-0.2, -0.15) is 0 Å². The Kier molecular flexibility index (Phi) is 14.3. The molecule has 0 rings (SSSR count). The molecule has 0 aliphatic rings. The minimum Gasteiger partial charge on any atom is -0.396 e. The molecule has 1 unspecified atom stereocenters. The van der Waals surface area contributed by atoms with E-state index in [0.717, 1.165) is 5.92 Å². The standard InChI is InChI=1S/C18H38O/c1-4-6-8-10-12-14-18(15-17(3)16-19)13-11-9-7-5-2/h17-19H,4-16H2,1-3H3/t17-,18?/m0/s1. The van der Waals surface area contributed by atoms with Crippen molar-refractivity contribution in [1.82, 2.24) is 0 Å². The minimum absolute atomic E-state index is 0.362. The minimum atomic E-state index is 0.362. The molecule has 0 spiro atoms. The van der Waals surface area contributed by atoms with E-state index in [-0.39, 0.29) is 0 Å². The average molecular weight is 271 g/mol. The van der Waals surface area contributed by atoms with Crippen LogP contribution in [0.25, 0.3) is 0 Å². The van der Waals surface area contributed by atoms with Gasteiger partial charge in [-0.3, -0.25) is 0 Å². The molecule has 0 aliphatic carbocycles. The van der Waals surface area contributed by atoms with Crippen LogP contribution in [0.1, 0.15) is 97.8 Å². The Balaban J connectivity index is 3.76. The molecule has 0 aromatic carbocycles. The SMILES string of the molecule is CCCCCCCC(CCCCCC)C[C@H](C)CO. The lowest BCUT2D eigenvalue weighted by Crippen LogP contribution is -2.10. The van der Waals surface area contributed by atoms with Crippen molar-refractivity contribution in [3.8, 4) is 0 Å². The molecule has 0 amide bonds. The molecule has 1 heteroatoms. The van der Waals surface area contributed by atoms with Crippen LogP contribution in [-0.2, 0) is 0 Å². The molecule has 0 heterocycles. The van der Waals surface area contributed by atoms with Crippen LogP contribution in [0.15, 0.2) is 0 Å². The first kappa shape index (κ1) is 19.0. The molecule has 0 bridgehead atoms.